The van der Waals surface area contributed by atoms with E-state index < -0.39 is 334 Å². The molecule has 6 rings (SSSR count). The number of aliphatic hydroxyl groups excluding tert-OH is 19. The fraction of sp³-hybridized carbons (Fsp3) is 0.897. The van der Waals surface area contributed by atoms with Gasteiger partial charge in [0.25, 0.3) is 0 Å². The summed E-state index contributed by atoms with van der Waals surface area (Å²) >= 11 is 0. The lowest BCUT2D eigenvalue weighted by atomic mass is 9.93. The maximum atomic E-state index is 13.7. The van der Waals surface area contributed by atoms with E-state index in [1.807, 2.05) is 0 Å². The second-order valence-electron chi connectivity index (χ2n) is 28.9. The second-order valence-corrected chi connectivity index (χ2v) is 28.9. The summed E-state index contributed by atoms with van der Waals surface area (Å²) < 4.78 is 76.5. The van der Waals surface area contributed by atoms with Gasteiger partial charge in [0.2, 0.25) is 41.4 Å². The van der Waals surface area contributed by atoms with Gasteiger partial charge in [-0.2, -0.15) is 0 Å². The minimum absolute atomic E-state index is 0.122. The standard InChI is InChI=1S/C68H120N8O38/c1-26-39(71-57(97)32(83)11-19-77)45(90)51(96)63(104-26)110-53-47(92)41(73-59(99)34(85)13-21-79)28(3)106-65(53)112-55-49(94)43(75-61(101)36(87)15-23-81)30(5)108-67(55)114-56-50(95)44(76-62(102)37(88)16-24-82)31(6)109-68(56)113-54-48(93)42(74-60(100)35(86)14-22-80)29(4)107-66(54)111-52-46(91)40(72-58(98)33(84)12-20-78)27(2)105-64(52)103-25-9-7-8-10-38(89)70-18-17-69/h26-37,39-56,63-68,77-88,90-96H,7-25,69H2,1-6H3,(H,70,89)(H,71,97)(H,72,98)(H,73,99)(H,74,100)(H,75,101)(H,76,102)/t26-,27-,28-,29-,30-,31-,32-,33-,34-,35-,36-,37-,39-,40-,41-,42-,43-,44-,45+,46+,47+,48+,49+,50+,51+,52+,53+,54+,55+,56+,63-,64+,65-,66-,67-,68-/m1/s1. The van der Waals surface area contributed by atoms with Gasteiger partial charge >= 0.3 is 0 Å². The molecule has 0 aliphatic carbocycles. The summed E-state index contributed by atoms with van der Waals surface area (Å²) in [5, 5.41) is 225. The molecule has 114 heavy (non-hydrogen) atoms. The molecule has 46 heteroatoms. The Kier molecular flexibility index (Phi) is 40.4. The van der Waals surface area contributed by atoms with Gasteiger partial charge in [-0.25, -0.2) is 0 Å². The Balaban J connectivity index is 1.50. The van der Waals surface area contributed by atoms with Crippen LogP contribution in [0.5, 0.6) is 0 Å². The van der Waals surface area contributed by atoms with Crippen LogP contribution in [0.1, 0.15) is 106 Å². The number of ether oxygens (including phenoxy) is 12. The van der Waals surface area contributed by atoms with Gasteiger partial charge in [-0.1, -0.05) is 6.42 Å². The molecule has 6 fully saturated rings. The Morgan fingerprint density at radius 1 is 0.325 bits per heavy atom. The summed E-state index contributed by atoms with van der Waals surface area (Å²) in [7, 11) is 0. The van der Waals surface area contributed by atoms with Crippen molar-refractivity contribution in [3.05, 3.63) is 0 Å². The molecule has 6 heterocycles. The van der Waals surface area contributed by atoms with E-state index in [9.17, 15) is 131 Å². The summed E-state index contributed by atoms with van der Waals surface area (Å²) in [5.41, 5.74) is 5.51. The van der Waals surface area contributed by atoms with E-state index in [0.717, 1.165) is 0 Å². The molecule has 6 aliphatic rings. The Morgan fingerprint density at radius 3 is 0.807 bits per heavy atom. The lowest BCUT2D eigenvalue weighted by molar-refractivity contribution is -0.400. The van der Waals surface area contributed by atoms with Crippen LogP contribution in [0.25, 0.3) is 0 Å². The van der Waals surface area contributed by atoms with Gasteiger partial charge in [-0.05, 0) is 54.4 Å². The Labute approximate surface area is 655 Å². The minimum atomic E-state index is -2.32. The predicted molar refractivity (Wildman–Crippen MR) is 377 cm³/mol. The molecule has 0 aromatic rings. The third kappa shape index (κ3) is 26.3. The highest BCUT2D eigenvalue weighted by Crippen LogP contribution is 2.39. The van der Waals surface area contributed by atoms with Crippen molar-refractivity contribution in [3.8, 4) is 0 Å². The van der Waals surface area contributed by atoms with Crippen molar-refractivity contribution >= 4 is 41.4 Å². The highest BCUT2D eigenvalue weighted by molar-refractivity contribution is 5.83. The van der Waals surface area contributed by atoms with E-state index in [0.29, 0.717) is 12.8 Å². The number of unbranched alkanes of at least 4 members (excludes halogenated alkanes) is 2. The normalized spacial score (nSPS) is 37.6. The Bertz CT molecular complexity index is 2950. The molecule has 0 bridgehead atoms. The summed E-state index contributed by atoms with van der Waals surface area (Å²) in [4.78, 5) is 93.2. The number of carbonyl (C=O) groups is 7. The van der Waals surface area contributed by atoms with Crippen LogP contribution >= 0.6 is 0 Å². The van der Waals surface area contributed by atoms with Gasteiger partial charge in [-0.3, -0.25) is 33.6 Å². The number of rotatable bonds is 43. The van der Waals surface area contributed by atoms with Gasteiger partial charge in [0.1, 0.15) is 110 Å². The van der Waals surface area contributed by atoms with Gasteiger partial charge < -0.3 is 197 Å². The maximum absolute atomic E-state index is 13.7. The zero-order chi connectivity index (χ0) is 84.7. The topological polar surface area (TPSA) is 725 Å². The first-order chi connectivity index (χ1) is 54.0. The van der Waals surface area contributed by atoms with Crippen molar-refractivity contribution in [1.29, 1.82) is 0 Å². The fourth-order valence-corrected chi connectivity index (χ4v) is 13.7. The highest BCUT2D eigenvalue weighted by Gasteiger charge is 2.59. The van der Waals surface area contributed by atoms with Crippen LogP contribution in [-0.4, -0.2) is 418 Å². The van der Waals surface area contributed by atoms with Crippen molar-refractivity contribution in [2.45, 2.75) is 326 Å². The zero-order valence-electron chi connectivity index (χ0n) is 64.1. The molecule has 28 N–H and O–H groups in total. The first-order valence-corrected chi connectivity index (χ1v) is 38.1. The summed E-state index contributed by atoms with van der Waals surface area (Å²) in [5.74, 6) is -7.26. The van der Waals surface area contributed by atoms with Crippen LogP contribution in [0.4, 0.5) is 0 Å². The molecule has 7 amide bonds. The maximum Gasteiger partial charge on any atom is 0.249 e. The number of carbonyl (C=O) groups excluding carboxylic acids is 7. The molecular weight excluding hydrogens is 1540 g/mol. The summed E-state index contributed by atoms with van der Waals surface area (Å²) in [6, 6.07) is -9.91. The largest absolute Gasteiger partial charge is 0.396 e. The van der Waals surface area contributed by atoms with Gasteiger partial charge in [0.05, 0.1) is 72.9 Å². The van der Waals surface area contributed by atoms with Gasteiger partial charge in [0, 0.05) is 104 Å². The molecule has 0 radical (unpaired) electrons. The van der Waals surface area contributed by atoms with Crippen LogP contribution in [0, 0.1) is 0 Å². The lowest BCUT2D eigenvalue weighted by Gasteiger charge is -2.52. The van der Waals surface area contributed by atoms with Crippen molar-refractivity contribution in [3.63, 3.8) is 0 Å². The van der Waals surface area contributed by atoms with Crippen molar-refractivity contribution in [1.82, 2.24) is 37.2 Å². The first-order valence-electron chi connectivity index (χ1n) is 38.1. The smallest absolute Gasteiger partial charge is 0.249 e. The molecule has 6 aliphatic heterocycles. The monoisotopic (exact) mass is 1660 g/mol. The van der Waals surface area contributed by atoms with Crippen molar-refractivity contribution in [2.24, 2.45) is 5.73 Å². The number of hydrogen-bond acceptors (Lipinski definition) is 39. The van der Waals surface area contributed by atoms with E-state index in [-0.39, 0.29) is 38.4 Å². The Hall–Kier alpha value is -4.99. The van der Waals surface area contributed by atoms with E-state index >= 15 is 0 Å². The predicted octanol–water partition coefficient (Wildman–Crippen LogP) is -14.1. The average molecular weight is 1660 g/mol. The number of hydrogen-bond donors (Lipinski definition) is 27. The molecular formula is C68H120N8O38. The number of nitrogens with one attached hydrogen (secondary N) is 7. The van der Waals surface area contributed by atoms with Gasteiger partial charge in [0.15, 0.2) is 37.7 Å². The van der Waals surface area contributed by atoms with E-state index in [4.69, 9.17) is 62.6 Å². The number of amides is 7. The molecule has 0 unspecified atom stereocenters. The second kappa shape index (κ2) is 47.1. The quantitative estimate of drug-likeness (QED) is 0.0252. The molecule has 46 nitrogen and oxygen atoms in total. The van der Waals surface area contributed by atoms with E-state index in [1.54, 1.807) is 0 Å². The zero-order valence-corrected chi connectivity index (χ0v) is 64.1. The summed E-state index contributed by atoms with van der Waals surface area (Å²) in [6.45, 7) is 3.92. The van der Waals surface area contributed by atoms with Crippen LogP contribution in [0.15, 0.2) is 0 Å². The number of nitrogens with two attached hydrogens (primary N) is 1. The summed E-state index contributed by atoms with van der Waals surface area (Å²) in [6.07, 6.45) is -60.6. The Morgan fingerprint density at radius 2 is 0.553 bits per heavy atom. The minimum Gasteiger partial charge on any atom is -0.396 e. The third-order valence-electron chi connectivity index (χ3n) is 20.3. The third-order valence-corrected chi connectivity index (χ3v) is 20.3. The van der Waals surface area contributed by atoms with Crippen molar-refractivity contribution in [2.75, 3.05) is 59.3 Å². The fourth-order valence-electron chi connectivity index (χ4n) is 13.7. The number of aliphatic hydroxyl groups is 19. The van der Waals surface area contributed by atoms with Crippen LogP contribution in [-0.2, 0) is 90.4 Å². The first kappa shape index (κ1) is 97.8. The average Bonchev–Trinajstić information content (AvgIpc) is 0.762. The van der Waals surface area contributed by atoms with Crippen molar-refractivity contribution < 1.29 is 187 Å². The molecule has 0 aromatic heterocycles. The molecule has 36 atom stereocenters. The van der Waals surface area contributed by atoms with Crippen LogP contribution < -0.4 is 43.0 Å². The van der Waals surface area contributed by atoms with Gasteiger partial charge in [-0.15, -0.1) is 0 Å². The lowest BCUT2D eigenvalue weighted by Crippen LogP contribution is -2.71. The molecule has 0 saturated carbocycles. The SMILES string of the molecule is C[C@H]1O[C@H](O[C@@H]2[C@@H](O[C@@H]3[C@@H](O[C@@H]4[C@@H](O[C@@H]5[C@@H](O[C@@H]6[C@@H](OCCCCCC(=O)NCCN)O[C@H](C)[C@@H](NC(=O)[C@H](O)CCO)[C@@H]6O)O[C@H](C)[C@@H](NC(=O)[C@H](O)CCO)[C@@H]5O)O[C@H](C)[C@@H](NC(=O)[C@H](O)CCO)[C@@H]4O)O[C@H](C)[C@@H](NC(=O)[C@H](O)CCO)[C@@H]3O)O[C@H](C)[C@@H](NC(=O)[C@H](O)CCO)[C@@H]2O)[C@@H](O)[C@@H](O)[C@@H]1NC(=O)[C@H](O)CCO. The molecule has 0 aromatic carbocycles. The van der Waals surface area contributed by atoms with Crippen LogP contribution in [0.2, 0.25) is 0 Å². The highest BCUT2D eigenvalue weighted by atomic mass is 16.8. The van der Waals surface area contributed by atoms with E-state index in [2.05, 4.69) is 37.2 Å². The van der Waals surface area contributed by atoms with Crippen LogP contribution in [0.3, 0.4) is 0 Å². The molecule has 6 saturated heterocycles. The molecule has 660 valence electrons. The van der Waals surface area contributed by atoms with E-state index in [1.165, 1.54) is 41.5 Å². The molecule has 0 spiro atoms.